The van der Waals surface area contributed by atoms with Crippen molar-refractivity contribution in [2.45, 2.75) is 67.2 Å². The second-order valence-electron chi connectivity index (χ2n) is 10.5. The molecule has 14 nitrogen and oxygen atoms in total. The lowest BCUT2D eigenvalue weighted by atomic mass is 9.50. The number of aliphatic carboxylic acids is 2. The average molecular weight is 564 g/mol. The van der Waals surface area contributed by atoms with Crippen molar-refractivity contribution in [1.29, 1.82) is 0 Å². The molecule has 216 valence electrons. The van der Waals surface area contributed by atoms with E-state index in [4.69, 9.17) is 19.3 Å². The van der Waals surface area contributed by atoms with Gasteiger partial charge in [-0.25, -0.2) is 14.4 Å². The van der Waals surface area contributed by atoms with E-state index in [2.05, 4.69) is 9.64 Å². The van der Waals surface area contributed by atoms with Crippen LogP contribution < -0.4 is 9.47 Å². The van der Waals surface area contributed by atoms with Crippen LogP contribution in [0.4, 0.5) is 0 Å². The van der Waals surface area contributed by atoms with E-state index in [1.165, 1.54) is 13.2 Å². The molecule has 4 aliphatic rings. The van der Waals surface area contributed by atoms with Crippen molar-refractivity contribution >= 4 is 23.9 Å². The summed E-state index contributed by atoms with van der Waals surface area (Å²) in [5, 5.41) is 49.3. The van der Waals surface area contributed by atoms with Crippen molar-refractivity contribution in [3.8, 4) is 11.5 Å². The lowest BCUT2D eigenvalue weighted by molar-refractivity contribution is -0.181. The molecule has 2 aliphatic heterocycles. The first-order chi connectivity index (χ1) is 18.9. The molecule has 1 saturated heterocycles. The van der Waals surface area contributed by atoms with Crippen LogP contribution >= 0.6 is 0 Å². The number of carboxylic acids is 2. The number of aliphatic hydroxyl groups excluding tert-OH is 2. The number of carbonyl (C=O) groups is 4. The van der Waals surface area contributed by atoms with Crippen molar-refractivity contribution < 1.29 is 63.7 Å². The Morgan fingerprint density at radius 1 is 1.15 bits per heavy atom. The lowest BCUT2D eigenvalue weighted by Gasteiger charge is -2.61. The smallest absolute Gasteiger partial charge is 0.345 e. The Labute approximate surface area is 227 Å². The van der Waals surface area contributed by atoms with Gasteiger partial charge >= 0.3 is 23.9 Å². The summed E-state index contributed by atoms with van der Waals surface area (Å²) in [6.07, 6.45) is -6.51. The van der Waals surface area contributed by atoms with Gasteiger partial charge in [-0.2, -0.15) is 0 Å². The highest BCUT2D eigenvalue weighted by Gasteiger charge is 2.72. The first kappa shape index (κ1) is 27.8. The molecule has 5 rings (SSSR count). The Morgan fingerprint density at radius 3 is 2.52 bits per heavy atom. The Morgan fingerprint density at radius 2 is 1.88 bits per heavy atom. The zero-order valence-electron chi connectivity index (χ0n) is 21.6. The van der Waals surface area contributed by atoms with Gasteiger partial charge in [-0.3, -0.25) is 4.79 Å². The van der Waals surface area contributed by atoms with Crippen LogP contribution in [0.25, 0.3) is 0 Å². The minimum Gasteiger partial charge on any atom is -0.493 e. The number of likely N-dealkylation sites (tertiary alicyclic amines) is 1. The summed E-state index contributed by atoms with van der Waals surface area (Å²) < 4.78 is 22.0. The van der Waals surface area contributed by atoms with Gasteiger partial charge in [0, 0.05) is 18.0 Å². The molecular weight excluding hydrogens is 534 g/mol. The van der Waals surface area contributed by atoms with Gasteiger partial charge in [0.1, 0.15) is 5.76 Å². The van der Waals surface area contributed by atoms with Gasteiger partial charge in [0.2, 0.25) is 6.10 Å². The number of ether oxygens (including phenoxy) is 4. The van der Waals surface area contributed by atoms with Crippen LogP contribution in [0.15, 0.2) is 24.0 Å². The van der Waals surface area contributed by atoms with Crippen LogP contribution in [0.5, 0.6) is 11.5 Å². The molecule has 0 unspecified atom stereocenters. The molecule has 2 aliphatic carbocycles. The number of carboxylic acid groups (broad SMARTS) is 2. The second-order valence-corrected chi connectivity index (χ2v) is 10.5. The van der Waals surface area contributed by atoms with Crippen LogP contribution in [-0.2, 0) is 40.5 Å². The molecule has 2 heterocycles. The lowest BCUT2D eigenvalue weighted by Crippen LogP contribution is -2.74. The van der Waals surface area contributed by atoms with Crippen LogP contribution in [0.3, 0.4) is 0 Å². The van der Waals surface area contributed by atoms with Crippen molar-refractivity contribution in [3.05, 3.63) is 35.1 Å². The summed E-state index contributed by atoms with van der Waals surface area (Å²) >= 11 is 0. The molecule has 0 saturated carbocycles. The fourth-order valence-corrected chi connectivity index (χ4v) is 6.57. The van der Waals surface area contributed by atoms with E-state index < -0.39 is 65.7 Å². The third-order valence-corrected chi connectivity index (χ3v) is 8.47. The van der Waals surface area contributed by atoms with E-state index in [9.17, 15) is 39.6 Å². The summed E-state index contributed by atoms with van der Waals surface area (Å²) in [4.78, 5) is 49.4. The number of hydrogen-bond donors (Lipinski definition) is 5. The summed E-state index contributed by atoms with van der Waals surface area (Å²) in [5.74, 6) is -5.61. The van der Waals surface area contributed by atoms with Crippen LogP contribution in [0, 0.1) is 0 Å². The maximum absolute atomic E-state index is 12.9. The fraction of sp³-hybridized carbons (Fsp3) is 0.538. The normalized spacial score (nSPS) is 30.1. The largest absolute Gasteiger partial charge is 0.493 e. The Bertz CT molecular complexity index is 1310. The first-order valence-corrected chi connectivity index (χ1v) is 12.6. The average Bonchev–Trinajstić information content (AvgIpc) is 3.26. The third kappa shape index (κ3) is 3.93. The van der Waals surface area contributed by atoms with Crippen molar-refractivity contribution in [2.75, 3.05) is 20.7 Å². The van der Waals surface area contributed by atoms with E-state index >= 15 is 0 Å². The van der Waals surface area contributed by atoms with Crippen molar-refractivity contribution in [2.24, 2.45) is 0 Å². The third-order valence-electron chi connectivity index (χ3n) is 8.47. The summed E-state index contributed by atoms with van der Waals surface area (Å²) in [6, 6.07) is 3.47. The zero-order valence-corrected chi connectivity index (χ0v) is 21.6. The molecule has 0 amide bonds. The van der Waals surface area contributed by atoms with Gasteiger partial charge in [-0.1, -0.05) is 6.07 Å². The summed E-state index contributed by atoms with van der Waals surface area (Å²) in [6.45, 7) is 0.631. The Balaban J connectivity index is 1.41. The first-order valence-electron chi connectivity index (χ1n) is 12.6. The SMILES string of the molecule is COc1ccc2c3c1O[C@@H]1C(OC(=O)C[C@H](OC(=O)[C@H](O)[C@@H](O)C(=O)O)C(=O)O)=CC[C@]4(O)[C@H](C2)N(C)CC[C@@]314. The predicted molar refractivity (Wildman–Crippen MR) is 129 cm³/mol. The molecular formula is C26H29NO13. The van der Waals surface area contributed by atoms with Crippen LogP contribution in [0.2, 0.25) is 0 Å². The highest BCUT2D eigenvalue weighted by Crippen LogP contribution is 2.65. The van der Waals surface area contributed by atoms with Crippen LogP contribution in [0.1, 0.15) is 30.4 Å². The summed E-state index contributed by atoms with van der Waals surface area (Å²) in [7, 11) is 3.43. The maximum Gasteiger partial charge on any atom is 0.345 e. The number of nitrogens with zero attached hydrogens (tertiary/aromatic N) is 1. The number of aliphatic hydroxyl groups is 3. The van der Waals surface area contributed by atoms with Gasteiger partial charge in [0.25, 0.3) is 0 Å². The molecule has 1 fully saturated rings. The molecule has 2 bridgehead atoms. The van der Waals surface area contributed by atoms with E-state index in [1.54, 1.807) is 6.07 Å². The number of esters is 2. The number of benzene rings is 1. The summed E-state index contributed by atoms with van der Waals surface area (Å²) in [5.41, 5.74) is -0.451. The molecule has 14 heteroatoms. The molecule has 1 spiro atoms. The number of rotatable bonds is 9. The van der Waals surface area contributed by atoms with Gasteiger partial charge < -0.3 is 49.4 Å². The highest BCUT2D eigenvalue weighted by atomic mass is 16.6. The van der Waals surface area contributed by atoms with Crippen molar-refractivity contribution in [1.82, 2.24) is 4.90 Å². The van der Waals surface area contributed by atoms with Gasteiger partial charge in [-0.05, 0) is 44.1 Å². The Hall–Kier alpha value is -3.72. The number of methoxy groups -OCH3 is 1. The minimum absolute atomic E-state index is 0.0564. The van der Waals surface area contributed by atoms with E-state index in [0.717, 1.165) is 11.1 Å². The maximum atomic E-state index is 12.9. The van der Waals surface area contributed by atoms with E-state index in [0.29, 0.717) is 30.9 Å². The van der Waals surface area contributed by atoms with Crippen LogP contribution in [-0.4, -0.2) is 111 Å². The van der Waals surface area contributed by atoms with E-state index in [1.807, 2.05) is 13.1 Å². The van der Waals surface area contributed by atoms with Gasteiger partial charge in [-0.15, -0.1) is 0 Å². The molecule has 40 heavy (non-hydrogen) atoms. The van der Waals surface area contributed by atoms with E-state index in [-0.39, 0.29) is 18.2 Å². The number of hydrogen-bond acceptors (Lipinski definition) is 12. The molecule has 5 N–H and O–H groups in total. The highest BCUT2D eigenvalue weighted by molar-refractivity contribution is 5.87. The standard InChI is InChI=1S/C26H29NO13/c1-27-8-7-25-17-11-3-4-12(37-2)20(17)40-21(25)13(5-6-26(25,36)15(27)9-11)38-16(28)10-14(22(31)32)39-24(35)19(30)18(29)23(33)34/h3-5,14-15,18-19,21,29-30,36H,6-10H2,1-2H3,(H,31,32)(H,33,34)/t14-,15-,18+,19+,21+,25+,26-/m0/s1. The molecule has 1 aromatic carbocycles. The molecule has 0 radical (unpaired) electrons. The predicted octanol–water partition coefficient (Wildman–Crippen LogP) is -1.29. The minimum atomic E-state index is -2.58. The van der Waals surface area contributed by atoms with Gasteiger partial charge in [0.05, 0.1) is 24.5 Å². The zero-order chi connectivity index (χ0) is 29.1. The number of likely N-dealkylation sites (N-methyl/N-ethyl adjacent to an activating group) is 1. The quantitative estimate of drug-likeness (QED) is 0.221. The topological polar surface area (TPSA) is 210 Å². The Kier molecular flexibility index (Phi) is 6.77. The fourth-order valence-electron chi connectivity index (χ4n) is 6.57. The van der Waals surface area contributed by atoms with Gasteiger partial charge in [0.15, 0.2) is 29.8 Å². The molecule has 7 atom stereocenters. The molecule has 1 aromatic rings. The molecule has 0 aromatic heterocycles. The number of piperidine rings is 1. The monoisotopic (exact) mass is 563 g/mol. The van der Waals surface area contributed by atoms with Crippen molar-refractivity contribution in [3.63, 3.8) is 0 Å². The number of carbonyl (C=O) groups excluding carboxylic acids is 2. The second kappa shape index (κ2) is 9.73.